The molecule has 0 saturated carbocycles. The summed E-state index contributed by atoms with van der Waals surface area (Å²) in [5.74, 6) is 0.613. The monoisotopic (exact) mass is 284 g/mol. The molecule has 0 spiro atoms. The fourth-order valence-corrected chi connectivity index (χ4v) is 1.64. The smallest absolute Gasteiger partial charge is 0.387 e. The predicted molar refractivity (Wildman–Crippen MR) is 68.2 cm³/mol. The molecule has 0 amide bonds. The molecule has 5 nitrogen and oxygen atoms in total. The van der Waals surface area contributed by atoms with Crippen LogP contribution in [-0.2, 0) is 0 Å². The SMILES string of the molecule is Cc1n[nH]c(=S)n1/N=C\c1ccccc1OC(F)F. The number of benzene rings is 1. The van der Waals surface area contributed by atoms with Crippen LogP contribution in [0.1, 0.15) is 11.4 Å². The molecule has 8 heteroatoms. The lowest BCUT2D eigenvalue weighted by Crippen LogP contribution is -2.04. The van der Waals surface area contributed by atoms with Crippen molar-refractivity contribution in [1.29, 1.82) is 0 Å². The van der Waals surface area contributed by atoms with E-state index < -0.39 is 6.61 Å². The minimum absolute atomic E-state index is 0.0499. The highest BCUT2D eigenvalue weighted by molar-refractivity contribution is 7.71. The van der Waals surface area contributed by atoms with Crippen LogP contribution in [-0.4, -0.2) is 27.7 Å². The molecule has 0 aliphatic carbocycles. The highest BCUT2D eigenvalue weighted by Gasteiger charge is 2.07. The Morgan fingerprint density at radius 3 is 2.84 bits per heavy atom. The van der Waals surface area contributed by atoms with Crippen LogP contribution in [0, 0.1) is 11.7 Å². The lowest BCUT2D eigenvalue weighted by atomic mass is 10.2. The summed E-state index contributed by atoms with van der Waals surface area (Å²) in [5.41, 5.74) is 0.422. The molecule has 100 valence electrons. The van der Waals surface area contributed by atoms with Gasteiger partial charge in [0.1, 0.15) is 11.6 Å². The Hall–Kier alpha value is -2.09. The molecule has 0 bridgehead atoms. The van der Waals surface area contributed by atoms with E-state index in [4.69, 9.17) is 12.2 Å². The van der Waals surface area contributed by atoms with E-state index in [1.54, 1.807) is 25.1 Å². The number of aryl methyl sites for hydroxylation is 1. The number of nitrogens with one attached hydrogen (secondary N) is 1. The van der Waals surface area contributed by atoms with Crippen LogP contribution in [0.5, 0.6) is 5.75 Å². The van der Waals surface area contributed by atoms with Gasteiger partial charge in [0.25, 0.3) is 0 Å². The summed E-state index contributed by atoms with van der Waals surface area (Å²) in [5, 5.41) is 10.5. The number of para-hydroxylation sites is 1. The van der Waals surface area contributed by atoms with E-state index in [2.05, 4.69) is 20.0 Å². The second-order valence-corrected chi connectivity index (χ2v) is 3.94. The third-order valence-electron chi connectivity index (χ3n) is 2.26. The third-order valence-corrected chi connectivity index (χ3v) is 2.52. The van der Waals surface area contributed by atoms with E-state index in [9.17, 15) is 8.78 Å². The minimum atomic E-state index is -2.88. The van der Waals surface area contributed by atoms with Crippen LogP contribution in [0.15, 0.2) is 29.4 Å². The van der Waals surface area contributed by atoms with Gasteiger partial charge in [-0.3, -0.25) is 5.10 Å². The highest BCUT2D eigenvalue weighted by Crippen LogP contribution is 2.18. The van der Waals surface area contributed by atoms with Crippen molar-refractivity contribution in [3.05, 3.63) is 40.4 Å². The molecule has 0 aliphatic rings. The van der Waals surface area contributed by atoms with Gasteiger partial charge >= 0.3 is 6.61 Å². The molecular weight excluding hydrogens is 274 g/mol. The highest BCUT2D eigenvalue weighted by atomic mass is 32.1. The van der Waals surface area contributed by atoms with E-state index in [0.717, 1.165) is 0 Å². The van der Waals surface area contributed by atoms with Gasteiger partial charge < -0.3 is 4.74 Å². The van der Waals surface area contributed by atoms with E-state index in [0.29, 0.717) is 16.2 Å². The Morgan fingerprint density at radius 1 is 1.47 bits per heavy atom. The molecule has 1 aromatic carbocycles. The van der Waals surface area contributed by atoms with Gasteiger partial charge in [-0.15, -0.1) is 0 Å². The van der Waals surface area contributed by atoms with Crippen LogP contribution in [0.2, 0.25) is 0 Å². The van der Waals surface area contributed by atoms with E-state index in [1.165, 1.54) is 17.0 Å². The Bertz CT molecular complexity index is 650. The molecule has 1 heterocycles. The zero-order valence-electron chi connectivity index (χ0n) is 9.88. The van der Waals surface area contributed by atoms with Gasteiger partial charge in [0.05, 0.1) is 6.21 Å². The number of ether oxygens (including phenoxy) is 1. The van der Waals surface area contributed by atoms with Gasteiger partial charge in [-0.05, 0) is 31.3 Å². The van der Waals surface area contributed by atoms with Gasteiger partial charge in [-0.1, -0.05) is 12.1 Å². The Morgan fingerprint density at radius 2 is 2.21 bits per heavy atom. The van der Waals surface area contributed by atoms with Crippen molar-refractivity contribution in [1.82, 2.24) is 14.9 Å². The lowest BCUT2D eigenvalue weighted by Gasteiger charge is -2.06. The van der Waals surface area contributed by atoms with Crippen molar-refractivity contribution < 1.29 is 13.5 Å². The van der Waals surface area contributed by atoms with Gasteiger partial charge in [-0.2, -0.15) is 23.7 Å². The van der Waals surface area contributed by atoms with Crippen molar-refractivity contribution in [2.45, 2.75) is 13.5 Å². The summed E-state index contributed by atoms with van der Waals surface area (Å²) in [6.07, 6.45) is 1.38. The molecule has 2 aromatic rings. The second-order valence-electron chi connectivity index (χ2n) is 3.55. The second kappa shape index (κ2) is 5.70. The van der Waals surface area contributed by atoms with Crippen molar-refractivity contribution in [2.24, 2.45) is 5.10 Å². The molecule has 1 aromatic heterocycles. The van der Waals surface area contributed by atoms with E-state index >= 15 is 0 Å². The maximum absolute atomic E-state index is 12.2. The number of aromatic nitrogens is 3. The average molecular weight is 284 g/mol. The quantitative estimate of drug-likeness (QED) is 0.693. The molecule has 0 fully saturated rings. The van der Waals surface area contributed by atoms with Crippen molar-refractivity contribution in [3.8, 4) is 5.75 Å². The number of H-pyrrole nitrogens is 1. The maximum atomic E-state index is 12.2. The first-order valence-electron chi connectivity index (χ1n) is 5.30. The summed E-state index contributed by atoms with van der Waals surface area (Å²) in [6, 6.07) is 6.35. The van der Waals surface area contributed by atoms with Crippen LogP contribution in [0.4, 0.5) is 8.78 Å². The van der Waals surface area contributed by atoms with Gasteiger partial charge in [0.15, 0.2) is 0 Å². The van der Waals surface area contributed by atoms with Crippen LogP contribution < -0.4 is 4.74 Å². The molecule has 0 saturated heterocycles. The summed E-state index contributed by atoms with van der Waals surface area (Å²) < 4.78 is 30.6. The topological polar surface area (TPSA) is 55.2 Å². The van der Waals surface area contributed by atoms with Crippen LogP contribution >= 0.6 is 12.2 Å². The van der Waals surface area contributed by atoms with Gasteiger partial charge in [0.2, 0.25) is 4.77 Å². The number of hydrogen-bond donors (Lipinski definition) is 1. The summed E-state index contributed by atoms with van der Waals surface area (Å²) in [4.78, 5) is 0. The average Bonchev–Trinajstić information content (AvgIpc) is 2.68. The number of halogens is 2. The van der Waals surface area contributed by atoms with Crippen LogP contribution in [0.3, 0.4) is 0 Å². The molecule has 0 radical (unpaired) electrons. The normalized spacial score (nSPS) is 11.4. The number of alkyl halides is 2. The number of aromatic amines is 1. The Balaban J connectivity index is 2.31. The number of rotatable bonds is 4. The first-order chi connectivity index (χ1) is 9.08. The van der Waals surface area contributed by atoms with Crippen molar-refractivity contribution in [2.75, 3.05) is 0 Å². The van der Waals surface area contributed by atoms with Crippen molar-refractivity contribution >= 4 is 18.4 Å². The molecule has 19 heavy (non-hydrogen) atoms. The standard InChI is InChI=1S/C11H10F2N4OS/c1-7-15-16-11(19)17(7)14-6-8-4-2-3-5-9(8)18-10(12)13/h2-6,10H,1H3,(H,16,19)/b14-6-. The number of nitrogens with zero attached hydrogens (tertiary/aromatic N) is 3. The summed E-state index contributed by atoms with van der Waals surface area (Å²) in [7, 11) is 0. The first-order valence-corrected chi connectivity index (χ1v) is 5.71. The molecule has 2 rings (SSSR count). The molecular formula is C11H10F2N4OS. The summed E-state index contributed by atoms with van der Waals surface area (Å²) >= 11 is 4.97. The first kappa shape index (κ1) is 13.3. The zero-order valence-corrected chi connectivity index (χ0v) is 10.7. The molecule has 0 unspecified atom stereocenters. The number of hydrogen-bond acceptors (Lipinski definition) is 4. The van der Waals surface area contributed by atoms with Gasteiger partial charge in [0, 0.05) is 5.56 Å². The van der Waals surface area contributed by atoms with E-state index in [-0.39, 0.29) is 5.75 Å². The van der Waals surface area contributed by atoms with Crippen molar-refractivity contribution in [3.63, 3.8) is 0 Å². The Labute approximate surface area is 112 Å². The lowest BCUT2D eigenvalue weighted by molar-refractivity contribution is -0.0499. The maximum Gasteiger partial charge on any atom is 0.387 e. The van der Waals surface area contributed by atoms with Crippen LogP contribution in [0.25, 0.3) is 0 Å². The fourth-order valence-electron chi connectivity index (χ4n) is 1.42. The zero-order chi connectivity index (χ0) is 13.8. The largest absolute Gasteiger partial charge is 0.434 e. The summed E-state index contributed by atoms with van der Waals surface area (Å²) in [6.45, 7) is -1.17. The fraction of sp³-hybridized carbons (Fsp3) is 0.182. The predicted octanol–water partition coefficient (Wildman–Crippen LogP) is 2.73. The minimum Gasteiger partial charge on any atom is -0.434 e. The molecule has 0 aliphatic heterocycles. The molecule has 1 N–H and O–H groups in total. The van der Waals surface area contributed by atoms with E-state index in [1.807, 2.05) is 0 Å². The third kappa shape index (κ3) is 3.22. The molecule has 0 atom stereocenters. The Kier molecular flexibility index (Phi) is 4.00. The van der Waals surface area contributed by atoms with Gasteiger partial charge in [-0.25, -0.2) is 0 Å².